The van der Waals surface area contributed by atoms with Crippen LogP contribution in [0.3, 0.4) is 0 Å². The van der Waals surface area contributed by atoms with E-state index in [9.17, 15) is 8.42 Å². The van der Waals surface area contributed by atoms with Gasteiger partial charge in [-0.15, -0.1) is 0 Å². The van der Waals surface area contributed by atoms with Gasteiger partial charge in [-0.2, -0.15) is 0 Å². The molecule has 2 aliphatic rings. The average molecular weight is 450 g/mol. The number of hydrogen-bond acceptors (Lipinski definition) is 5. The molecule has 0 amide bonds. The summed E-state index contributed by atoms with van der Waals surface area (Å²) in [6.07, 6.45) is 0.398. The van der Waals surface area contributed by atoms with Crippen molar-refractivity contribution in [1.82, 2.24) is 0 Å². The molecule has 0 aromatic heterocycles. The summed E-state index contributed by atoms with van der Waals surface area (Å²) in [6, 6.07) is 12.2. The van der Waals surface area contributed by atoms with Gasteiger partial charge in [0, 0.05) is 23.5 Å². The van der Waals surface area contributed by atoms with Crippen LogP contribution < -0.4 is 9.64 Å². The van der Waals surface area contributed by atoms with Gasteiger partial charge in [-0.05, 0) is 55.3 Å². The molecule has 1 saturated heterocycles. The minimum atomic E-state index is -3.61. The van der Waals surface area contributed by atoms with Crippen LogP contribution in [0.5, 0.6) is 5.75 Å². The molecule has 4 rings (SSSR count). The van der Waals surface area contributed by atoms with Gasteiger partial charge in [0.15, 0.2) is 9.84 Å². The Morgan fingerprint density at radius 3 is 2.53 bits per heavy atom. The maximum absolute atomic E-state index is 13.5. The second-order valence-corrected chi connectivity index (χ2v) is 11.4. The number of fused-ring (bicyclic) bond motifs is 1. The van der Waals surface area contributed by atoms with Gasteiger partial charge < -0.3 is 14.4 Å². The van der Waals surface area contributed by atoms with Crippen LogP contribution in [0.1, 0.15) is 38.0 Å². The van der Waals surface area contributed by atoms with Crippen molar-refractivity contribution in [1.29, 1.82) is 0 Å². The van der Waals surface area contributed by atoms with Gasteiger partial charge in [-0.25, -0.2) is 8.42 Å². The summed E-state index contributed by atoms with van der Waals surface area (Å²) in [5.74, 6) is 0.743. The van der Waals surface area contributed by atoms with E-state index in [1.54, 1.807) is 24.3 Å². The highest BCUT2D eigenvalue weighted by Crippen LogP contribution is 2.42. The Morgan fingerprint density at radius 1 is 1.20 bits per heavy atom. The highest BCUT2D eigenvalue weighted by molar-refractivity contribution is 7.91. The number of nitrogens with zero attached hydrogens (tertiary/aromatic N) is 1. The third-order valence-electron chi connectivity index (χ3n) is 5.71. The second kappa shape index (κ2) is 8.06. The smallest absolute Gasteiger partial charge is 0.185 e. The Morgan fingerprint density at radius 2 is 1.90 bits per heavy atom. The fraction of sp³-hybridized carbons (Fsp3) is 0.478. The third kappa shape index (κ3) is 4.46. The lowest BCUT2D eigenvalue weighted by Crippen LogP contribution is -2.35. The summed E-state index contributed by atoms with van der Waals surface area (Å²) < 4.78 is 38.6. The Labute approximate surface area is 183 Å². The molecule has 2 atom stereocenters. The standard InChI is InChI=1S/C23H28ClNO4S/c1-4-25-14-23(2,3)15-29-21-11-16(5-10-20(21)25)22(12-18-13-28-18)30(26,27)19-8-6-17(24)7-9-19/h5-11,18,22H,4,12-15H2,1-3H3. The summed E-state index contributed by atoms with van der Waals surface area (Å²) in [7, 11) is -3.61. The molecule has 0 spiro atoms. The summed E-state index contributed by atoms with van der Waals surface area (Å²) >= 11 is 5.96. The van der Waals surface area contributed by atoms with Crippen LogP contribution in [-0.2, 0) is 14.6 Å². The Balaban J connectivity index is 1.74. The Bertz CT molecular complexity index is 1020. The van der Waals surface area contributed by atoms with Crippen LogP contribution >= 0.6 is 11.6 Å². The van der Waals surface area contributed by atoms with Gasteiger partial charge in [0.1, 0.15) is 5.75 Å². The number of halogens is 1. The lowest BCUT2D eigenvalue weighted by molar-refractivity contribution is 0.195. The fourth-order valence-corrected chi connectivity index (χ4v) is 5.93. The van der Waals surface area contributed by atoms with Crippen LogP contribution in [0.2, 0.25) is 5.02 Å². The molecule has 0 aliphatic carbocycles. The van der Waals surface area contributed by atoms with Gasteiger partial charge >= 0.3 is 0 Å². The monoisotopic (exact) mass is 449 g/mol. The topological polar surface area (TPSA) is 59.1 Å². The van der Waals surface area contributed by atoms with E-state index in [4.69, 9.17) is 21.1 Å². The number of benzene rings is 2. The zero-order chi connectivity index (χ0) is 21.5. The SMILES string of the molecule is CCN1CC(C)(C)COc2cc(C(CC3CO3)S(=O)(=O)c3ccc(Cl)cc3)ccc21. The van der Waals surface area contributed by atoms with Crippen LogP contribution in [0.15, 0.2) is 47.4 Å². The number of anilines is 1. The molecule has 7 heteroatoms. The normalized spacial score (nSPS) is 21.3. The maximum Gasteiger partial charge on any atom is 0.185 e. The molecule has 2 aromatic rings. The number of epoxide rings is 1. The first-order valence-electron chi connectivity index (χ1n) is 10.3. The van der Waals surface area contributed by atoms with E-state index in [0.717, 1.165) is 30.1 Å². The van der Waals surface area contributed by atoms with Gasteiger partial charge in [0.2, 0.25) is 0 Å². The molecule has 0 radical (unpaired) electrons. The molecule has 162 valence electrons. The zero-order valence-corrected chi connectivity index (χ0v) is 19.2. The van der Waals surface area contributed by atoms with Crippen molar-refractivity contribution in [3.05, 3.63) is 53.1 Å². The summed E-state index contributed by atoms with van der Waals surface area (Å²) in [4.78, 5) is 2.56. The van der Waals surface area contributed by atoms with E-state index in [0.29, 0.717) is 24.7 Å². The van der Waals surface area contributed by atoms with Crippen LogP contribution in [-0.4, -0.2) is 40.8 Å². The summed E-state index contributed by atoms with van der Waals surface area (Å²) in [5.41, 5.74) is 1.75. The van der Waals surface area contributed by atoms with Gasteiger partial charge in [0.25, 0.3) is 0 Å². The molecular formula is C23H28ClNO4S. The van der Waals surface area contributed by atoms with Gasteiger partial charge in [-0.3, -0.25) is 0 Å². The first-order chi connectivity index (χ1) is 14.2. The molecule has 30 heavy (non-hydrogen) atoms. The van der Waals surface area contributed by atoms with Crippen molar-refractivity contribution in [3.8, 4) is 5.75 Å². The van der Waals surface area contributed by atoms with Crippen LogP contribution in [0.4, 0.5) is 5.69 Å². The predicted molar refractivity (Wildman–Crippen MR) is 119 cm³/mol. The molecule has 1 fully saturated rings. The molecule has 2 heterocycles. The number of ether oxygens (including phenoxy) is 2. The molecule has 2 unspecified atom stereocenters. The highest BCUT2D eigenvalue weighted by atomic mass is 35.5. The molecule has 0 bridgehead atoms. The van der Waals surface area contributed by atoms with Crippen molar-refractivity contribution in [2.24, 2.45) is 5.41 Å². The Hall–Kier alpha value is -1.76. The fourth-order valence-electron chi connectivity index (χ4n) is 3.98. The van der Waals surface area contributed by atoms with E-state index in [1.165, 1.54) is 0 Å². The summed E-state index contributed by atoms with van der Waals surface area (Å²) in [5, 5.41) is -0.192. The van der Waals surface area contributed by atoms with Crippen LogP contribution in [0.25, 0.3) is 0 Å². The van der Waals surface area contributed by atoms with E-state index in [2.05, 4.69) is 25.7 Å². The lowest BCUT2D eigenvalue weighted by atomic mass is 9.94. The van der Waals surface area contributed by atoms with E-state index in [-0.39, 0.29) is 16.4 Å². The van der Waals surface area contributed by atoms with Gasteiger partial charge in [-0.1, -0.05) is 31.5 Å². The van der Waals surface area contributed by atoms with E-state index < -0.39 is 15.1 Å². The number of rotatable bonds is 6. The minimum absolute atomic E-state index is 0.00578. The first kappa shape index (κ1) is 21.5. The quantitative estimate of drug-likeness (QED) is 0.587. The van der Waals surface area contributed by atoms with Crippen molar-refractivity contribution in [3.63, 3.8) is 0 Å². The van der Waals surface area contributed by atoms with Crippen LogP contribution in [0, 0.1) is 5.41 Å². The van der Waals surface area contributed by atoms with Crippen molar-refractivity contribution < 1.29 is 17.9 Å². The maximum atomic E-state index is 13.5. The first-order valence-corrected chi connectivity index (χ1v) is 12.2. The number of sulfone groups is 1. The molecular weight excluding hydrogens is 422 g/mol. The molecule has 0 N–H and O–H groups in total. The minimum Gasteiger partial charge on any atom is -0.491 e. The highest BCUT2D eigenvalue weighted by Gasteiger charge is 2.37. The van der Waals surface area contributed by atoms with Gasteiger partial charge in [0.05, 0.1) is 35.2 Å². The van der Waals surface area contributed by atoms with E-state index in [1.807, 2.05) is 18.2 Å². The van der Waals surface area contributed by atoms with Crippen molar-refractivity contribution in [2.75, 3.05) is 31.2 Å². The van der Waals surface area contributed by atoms with Crippen molar-refractivity contribution >= 4 is 27.1 Å². The predicted octanol–water partition coefficient (Wildman–Crippen LogP) is 4.89. The molecule has 5 nitrogen and oxygen atoms in total. The lowest BCUT2D eigenvalue weighted by Gasteiger charge is -2.29. The largest absolute Gasteiger partial charge is 0.491 e. The zero-order valence-electron chi connectivity index (χ0n) is 17.6. The van der Waals surface area contributed by atoms with E-state index >= 15 is 0 Å². The number of hydrogen-bond donors (Lipinski definition) is 0. The third-order valence-corrected chi connectivity index (χ3v) is 8.11. The average Bonchev–Trinajstić information content (AvgIpc) is 3.54. The molecule has 2 aromatic carbocycles. The Kier molecular flexibility index (Phi) is 5.77. The molecule has 0 saturated carbocycles. The second-order valence-electron chi connectivity index (χ2n) is 8.87. The summed E-state index contributed by atoms with van der Waals surface area (Å²) in [6.45, 7) is 9.42. The van der Waals surface area contributed by atoms with Crippen molar-refractivity contribution in [2.45, 2.75) is 43.4 Å². The molecule has 2 aliphatic heterocycles.